The number of aliphatic hydroxyl groups is 1. The zero-order valence-electron chi connectivity index (χ0n) is 10.6. The van der Waals surface area contributed by atoms with Crippen molar-refractivity contribution < 1.29 is 9.50 Å². The van der Waals surface area contributed by atoms with E-state index in [-0.39, 0.29) is 12.4 Å². The zero-order chi connectivity index (χ0) is 13.9. The van der Waals surface area contributed by atoms with Crippen LogP contribution in [0.5, 0.6) is 0 Å². The van der Waals surface area contributed by atoms with Crippen molar-refractivity contribution in [1.29, 1.82) is 0 Å². The number of pyridine rings is 1. The largest absolute Gasteiger partial charge is 0.392 e. The fourth-order valence-corrected chi connectivity index (χ4v) is 2.93. The first-order chi connectivity index (χ1) is 9.76. The second-order valence-corrected chi connectivity index (χ2v) is 5.43. The molecule has 4 heteroatoms. The molecule has 0 radical (unpaired) electrons. The van der Waals surface area contributed by atoms with Crippen LogP contribution in [0.3, 0.4) is 0 Å². The molecule has 100 valence electrons. The molecular weight excluding hydrogens is 273 g/mol. The summed E-state index contributed by atoms with van der Waals surface area (Å²) in [5.41, 5.74) is 1.61. The van der Waals surface area contributed by atoms with Gasteiger partial charge in [0.1, 0.15) is 10.8 Å². The van der Waals surface area contributed by atoms with Gasteiger partial charge in [-0.15, -0.1) is 0 Å². The average molecular weight is 285 g/mol. The summed E-state index contributed by atoms with van der Waals surface area (Å²) in [6.45, 7) is -0.0878. The molecule has 0 fully saturated rings. The molecule has 2 aromatic carbocycles. The van der Waals surface area contributed by atoms with Crippen LogP contribution in [0.2, 0.25) is 0 Å². The SMILES string of the molecule is OCc1cc2ccccc2nc1Sc1cccc(F)c1. The van der Waals surface area contributed by atoms with E-state index in [2.05, 4.69) is 4.98 Å². The highest BCUT2D eigenvalue weighted by molar-refractivity contribution is 7.99. The van der Waals surface area contributed by atoms with Crippen molar-refractivity contribution >= 4 is 22.7 Å². The minimum Gasteiger partial charge on any atom is -0.392 e. The number of fused-ring (bicyclic) bond motifs is 1. The second-order valence-electron chi connectivity index (χ2n) is 4.36. The highest BCUT2D eigenvalue weighted by Crippen LogP contribution is 2.31. The molecule has 2 nitrogen and oxygen atoms in total. The van der Waals surface area contributed by atoms with Gasteiger partial charge in [-0.2, -0.15) is 0 Å². The Morgan fingerprint density at radius 2 is 1.90 bits per heavy atom. The first-order valence-electron chi connectivity index (χ1n) is 6.19. The summed E-state index contributed by atoms with van der Waals surface area (Å²) in [5, 5.41) is 11.2. The topological polar surface area (TPSA) is 33.1 Å². The molecule has 0 aliphatic heterocycles. The van der Waals surface area contributed by atoms with Crippen molar-refractivity contribution in [2.75, 3.05) is 0 Å². The van der Waals surface area contributed by atoms with Crippen LogP contribution in [-0.4, -0.2) is 10.1 Å². The van der Waals surface area contributed by atoms with Gasteiger partial charge >= 0.3 is 0 Å². The predicted molar refractivity (Wildman–Crippen MR) is 78.2 cm³/mol. The summed E-state index contributed by atoms with van der Waals surface area (Å²) in [7, 11) is 0. The number of para-hydroxylation sites is 1. The molecule has 0 saturated heterocycles. The molecule has 0 aliphatic rings. The van der Waals surface area contributed by atoms with E-state index in [1.165, 1.54) is 23.9 Å². The molecule has 0 bridgehead atoms. The van der Waals surface area contributed by atoms with E-state index in [1.54, 1.807) is 6.07 Å². The van der Waals surface area contributed by atoms with Crippen LogP contribution in [0.4, 0.5) is 4.39 Å². The van der Waals surface area contributed by atoms with E-state index in [4.69, 9.17) is 0 Å². The molecule has 1 N–H and O–H groups in total. The van der Waals surface area contributed by atoms with Crippen molar-refractivity contribution in [3.63, 3.8) is 0 Å². The van der Waals surface area contributed by atoms with Crippen molar-refractivity contribution in [3.8, 4) is 0 Å². The van der Waals surface area contributed by atoms with Gasteiger partial charge in [0, 0.05) is 15.8 Å². The molecule has 1 heterocycles. The van der Waals surface area contributed by atoms with Crippen LogP contribution >= 0.6 is 11.8 Å². The van der Waals surface area contributed by atoms with Gasteiger partial charge in [-0.25, -0.2) is 9.37 Å². The van der Waals surface area contributed by atoms with E-state index in [9.17, 15) is 9.50 Å². The molecule has 1 aromatic heterocycles. The minimum atomic E-state index is -0.277. The Morgan fingerprint density at radius 1 is 1.05 bits per heavy atom. The molecule has 20 heavy (non-hydrogen) atoms. The number of benzene rings is 2. The van der Waals surface area contributed by atoms with Crippen LogP contribution in [0.1, 0.15) is 5.56 Å². The normalized spacial score (nSPS) is 10.9. The fraction of sp³-hybridized carbons (Fsp3) is 0.0625. The molecule has 0 spiro atoms. The average Bonchev–Trinajstić information content (AvgIpc) is 2.46. The quantitative estimate of drug-likeness (QED) is 0.789. The Morgan fingerprint density at radius 3 is 2.70 bits per heavy atom. The maximum Gasteiger partial charge on any atom is 0.124 e. The summed E-state index contributed by atoms with van der Waals surface area (Å²) in [6.07, 6.45) is 0. The van der Waals surface area contributed by atoms with Gasteiger partial charge in [-0.1, -0.05) is 36.0 Å². The van der Waals surface area contributed by atoms with Gasteiger partial charge in [0.25, 0.3) is 0 Å². The number of rotatable bonds is 3. The lowest BCUT2D eigenvalue weighted by Gasteiger charge is -2.08. The Hall–Kier alpha value is -1.91. The molecule has 0 saturated carbocycles. The number of aromatic nitrogens is 1. The molecule has 3 aromatic rings. The molecule has 0 unspecified atom stereocenters. The fourth-order valence-electron chi connectivity index (χ4n) is 1.99. The van der Waals surface area contributed by atoms with Crippen molar-refractivity contribution in [3.05, 3.63) is 66.0 Å². The monoisotopic (exact) mass is 285 g/mol. The minimum absolute atomic E-state index is 0.0878. The highest BCUT2D eigenvalue weighted by Gasteiger charge is 2.08. The van der Waals surface area contributed by atoms with Crippen molar-refractivity contribution in [2.45, 2.75) is 16.5 Å². The summed E-state index contributed by atoms with van der Waals surface area (Å²) in [4.78, 5) is 5.32. The number of nitrogens with zero attached hydrogens (tertiary/aromatic N) is 1. The van der Waals surface area contributed by atoms with Crippen LogP contribution in [-0.2, 0) is 6.61 Å². The number of hydrogen-bond acceptors (Lipinski definition) is 3. The van der Waals surface area contributed by atoms with E-state index in [1.807, 2.05) is 36.4 Å². The van der Waals surface area contributed by atoms with Crippen LogP contribution in [0.15, 0.2) is 64.5 Å². The van der Waals surface area contributed by atoms with Crippen LogP contribution in [0, 0.1) is 5.82 Å². The highest BCUT2D eigenvalue weighted by atomic mass is 32.2. The van der Waals surface area contributed by atoms with E-state index < -0.39 is 0 Å². The van der Waals surface area contributed by atoms with Crippen molar-refractivity contribution in [1.82, 2.24) is 4.98 Å². The third kappa shape index (κ3) is 2.66. The van der Waals surface area contributed by atoms with Gasteiger partial charge in [-0.05, 0) is 30.3 Å². The van der Waals surface area contributed by atoms with Crippen molar-refractivity contribution in [2.24, 2.45) is 0 Å². The summed E-state index contributed by atoms with van der Waals surface area (Å²) >= 11 is 1.36. The first-order valence-corrected chi connectivity index (χ1v) is 7.01. The summed E-state index contributed by atoms with van der Waals surface area (Å²) in [5.74, 6) is -0.277. The number of halogens is 1. The van der Waals surface area contributed by atoms with Gasteiger partial charge in [0.05, 0.1) is 12.1 Å². The third-order valence-electron chi connectivity index (χ3n) is 2.94. The molecule has 0 atom stereocenters. The van der Waals surface area contributed by atoms with Crippen LogP contribution in [0.25, 0.3) is 10.9 Å². The maximum atomic E-state index is 13.2. The van der Waals surface area contributed by atoms with E-state index in [0.29, 0.717) is 5.03 Å². The lowest BCUT2D eigenvalue weighted by molar-refractivity contribution is 0.278. The molecule has 0 aliphatic carbocycles. The van der Waals surface area contributed by atoms with E-state index in [0.717, 1.165) is 21.4 Å². The standard InChI is InChI=1S/C16H12FNOS/c17-13-5-3-6-14(9-13)20-16-12(10-19)8-11-4-1-2-7-15(11)18-16/h1-9,19H,10H2. The third-order valence-corrected chi connectivity index (χ3v) is 3.98. The second kappa shape index (κ2) is 5.61. The van der Waals surface area contributed by atoms with Gasteiger partial charge in [-0.3, -0.25) is 0 Å². The Kier molecular flexibility index (Phi) is 3.67. The van der Waals surface area contributed by atoms with Gasteiger partial charge in [0.2, 0.25) is 0 Å². The summed E-state index contributed by atoms with van der Waals surface area (Å²) < 4.78 is 13.2. The molecular formula is C16H12FNOS. The van der Waals surface area contributed by atoms with Gasteiger partial charge < -0.3 is 5.11 Å². The first kappa shape index (κ1) is 13.1. The molecule has 0 amide bonds. The van der Waals surface area contributed by atoms with E-state index >= 15 is 0 Å². The lowest BCUT2D eigenvalue weighted by atomic mass is 10.2. The van der Waals surface area contributed by atoms with Crippen LogP contribution < -0.4 is 0 Å². The smallest absolute Gasteiger partial charge is 0.124 e. The maximum absolute atomic E-state index is 13.2. The zero-order valence-corrected chi connectivity index (χ0v) is 11.4. The summed E-state index contributed by atoms with van der Waals surface area (Å²) in [6, 6.07) is 16.0. The Labute approximate surface area is 120 Å². The lowest BCUT2D eigenvalue weighted by Crippen LogP contribution is -1.93. The Balaban J connectivity index is 2.05. The molecule has 3 rings (SSSR count). The number of hydrogen-bond donors (Lipinski definition) is 1. The number of aliphatic hydroxyl groups excluding tert-OH is 1. The van der Waals surface area contributed by atoms with Gasteiger partial charge in [0.15, 0.2) is 0 Å². The predicted octanol–water partition coefficient (Wildman–Crippen LogP) is 4.02. The Bertz CT molecular complexity index is 760.